The second-order valence-electron chi connectivity index (χ2n) is 13.0. The third-order valence-electron chi connectivity index (χ3n) is 10.4. The van der Waals surface area contributed by atoms with E-state index >= 15 is 0 Å². The van der Waals surface area contributed by atoms with Crippen molar-refractivity contribution < 1.29 is 9.47 Å². The molecule has 3 aliphatic heterocycles. The van der Waals surface area contributed by atoms with Crippen LogP contribution in [0.1, 0.15) is 105 Å². The normalized spacial score (nSPS) is 41.8. The molecular formula is C26H46O2Si. The minimum atomic E-state index is -1.45. The fourth-order valence-corrected chi connectivity index (χ4v) is 16.6. The van der Waals surface area contributed by atoms with E-state index in [0.29, 0.717) is 34.5 Å². The highest BCUT2D eigenvalue weighted by atomic mass is 28.3. The summed E-state index contributed by atoms with van der Waals surface area (Å²) in [6, 6.07) is 3.19. The molecule has 0 radical (unpaired) electrons. The Morgan fingerprint density at radius 2 is 1.07 bits per heavy atom. The van der Waals surface area contributed by atoms with Crippen LogP contribution in [-0.4, -0.2) is 32.5 Å². The van der Waals surface area contributed by atoms with Gasteiger partial charge in [0.05, 0.1) is 32.5 Å². The zero-order valence-corrected chi connectivity index (χ0v) is 20.7. The van der Waals surface area contributed by atoms with Gasteiger partial charge in [0, 0.05) is 0 Å². The standard InChI is InChI=1S/C26H46O2Si/c1-25(2,17-19-9-11-21-23(15-19)27-21)29(13-7-5-6-8-14-29)26(3,4)18-20-10-12-22-24(16-20)28-22/h19-24H,5-18H2,1-4H3. The number of rotatable bonds is 6. The molecule has 5 fully saturated rings. The molecule has 3 saturated heterocycles. The van der Waals surface area contributed by atoms with Crippen LogP contribution < -0.4 is 0 Å². The van der Waals surface area contributed by atoms with Crippen LogP contribution in [0.25, 0.3) is 0 Å². The van der Waals surface area contributed by atoms with Gasteiger partial charge in [0.2, 0.25) is 0 Å². The maximum Gasteiger partial charge on any atom is 0.0844 e. The SMILES string of the molecule is CC(C)(CC1CCC2OC2C1)[Si]1(C(C)(C)CC2CCC3OC3C2)CCCCCC1. The van der Waals surface area contributed by atoms with Gasteiger partial charge < -0.3 is 9.47 Å². The summed E-state index contributed by atoms with van der Waals surface area (Å²) in [5, 5.41) is 1.11. The number of epoxide rings is 2. The lowest BCUT2D eigenvalue weighted by molar-refractivity contribution is 0.299. The molecule has 0 amide bonds. The van der Waals surface area contributed by atoms with Crippen molar-refractivity contribution >= 4 is 8.07 Å². The average molecular weight is 419 g/mol. The van der Waals surface area contributed by atoms with E-state index < -0.39 is 8.07 Å². The summed E-state index contributed by atoms with van der Waals surface area (Å²) >= 11 is 0. The smallest absolute Gasteiger partial charge is 0.0844 e. The van der Waals surface area contributed by atoms with Gasteiger partial charge >= 0.3 is 0 Å². The molecular weight excluding hydrogens is 372 g/mol. The van der Waals surface area contributed by atoms with Crippen molar-refractivity contribution in [3.05, 3.63) is 0 Å². The van der Waals surface area contributed by atoms with Gasteiger partial charge in [0.25, 0.3) is 0 Å². The predicted molar refractivity (Wildman–Crippen MR) is 123 cm³/mol. The Kier molecular flexibility index (Phi) is 5.52. The molecule has 6 unspecified atom stereocenters. The molecule has 5 aliphatic rings. The van der Waals surface area contributed by atoms with Crippen LogP contribution >= 0.6 is 0 Å². The summed E-state index contributed by atoms with van der Waals surface area (Å²) in [4.78, 5) is 0. The van der Waals surface area contributed by atoms with E-state index in [1.54, 1.807) is 12.1 Å². The van der Waals surface area contributed by atoms with Crippen LogP contribution in [-0.2, 0) is 9.47 Å². The molecule has 3 heterocycles. The van der Waals surface area contributed by atoms with Gasteiger partial charge in [-0.2, -0.15) is 0 Å². The summed E-state index contributed by atoms with van der Waals surface area (Å²) in [6.45, 7) is 10.9. The Balaban J connectivity index is 1.35. The monoisotopic (exact) mass is 418 g/mol. The lowest BCUT2D eigenvalue weighted by atomic mass is 9.83. The van der Waals surface area contributed by atoms with Gasteiger partial charge in [0.15, 0.2) is 0 Å². The minimum Gasteiger partial charge on any atom is -0.370 e. The van der Waals surface area contributed by atoms with E-state index in [1.807, 2.05) is 0 Å². The van der Waals surface area contributed by atoms with Crippen LogP contribution in [0.4, 0.5) is 0 Å². The van der Waals surface area contributed by atoms with Crippen molar-refractivity contribution in [3.63, 3.8) is 0 Å². The minimum absolute atomic E-state index is 0.556. The average Bonchev–Trinajstić information content (AvgIpc) is 3.53. The molecule has 166 valence electrons. The van der Waals surface area contributed by atoms with Crippen molar-refractivity contribution in [1.82, 2.24) is 0 Å². The number of hydrogen-bond acceptors (Lipinski definition) is 2. The Hall–Kier alpha value is 0.137. The summed E-state index contributed by atoms with van der Waals surface area (Å²) in [6.07, 6.45) is 19.8. The van der Waals surface area contributed by atoms with Crippen LogP contribution in [0.5, 0.6) is 0 Å². The Labute approximate surface area is 180 Å². The topological polar surface area (TPSA) is 25.1 Å². The highest BCUT2D eigenvalue weighted by Crippen LogP contribution is 2.64. The van der Waals surface area contributed by atoms with Gasteiger partial charge in [-0.1, -0.05) is 65.5 Å². The molecule has 5 rings (SSSR count). The van der Waals surface area contributed by atoms with Crippen LogP contribution in [0.15, 0.2) is 0 Å². The van der Waals surface area contributed by atoms with Crippen molar-refractivity contribution in [1.29, 1.82) is 0 Å². The van der Waals surface area contributed by atoms with Gasteiger partial charge in [-0.25, -0.2) is 0 Å². The second kappa shape index (κ2) is 7.62. The van der Waals surface area contributed by atoms with Crippen LogP contribution in [0.3, 0.4) is 0 Å². The van der Waals surface area contributed by atoms with Gasteiger partial charge in [-0.3, -0.25) is 0 Å². The summed E-state index contributed by atoms with van der Waals surface area (Å²) < 4.78 is 11.8. The molecule has 3 heteroatoms. The second-order valence-corrected chi connectivity index (χ2v) is 18.8. The molecule has 0 aromatic carbocycles. The third-order valence-corrected chi connectivity index (χ3v) is 18.4. The maximum absolute atomic E-state index is 5.89. The summed E-state index contributed by atoms with van der Waals surface area (Å²) in [5.74, 6) is 1.85. The summed E-state index contributed by atoms with van der Waals surface area (Å²) in [5.41, 5.74) is 0. The quantitative estimate of drug-likeness (QED) is 0.330. The van der Waals surface area contributed by atoms with E-state index in [0.717, 1.165) is 11.8 Å². The summed E-state index contributed by atoms with van der Waals surface area (Å²) in [7, 11) is -1.45. The van der Waals surface area contributed by atoms with Gasteiger partial charge in [0.1, 0.15) is 0 Å². The molecule has 6 atom stereocenters. The highest BCUT2D eigenvalue weighted by molar-refractivity contribution is 6.85. The number of fused-ring (bicyclic) bond motifs is 2. The third kappa shape index (κ3) is 4.02. The largest absolute Gasteiger partial charge is 0.370 e. The van der Waals surface area contributed by atoms with Crippen molar-refractivity contribution in [2.24, 2.45) is 11.8 Å². The zero-order valence-electron chi connectivity index (χ0n) is 19.7. The molecule has 2 saturated carbocycles. The van der Waals surface area contributed by atoms with Crippen molar-refractivity contribution in [2.75, 3.05) is 0 Å². The molecule has 2 aliphatic carbocycles. The lowest BCUT2D eigenvalue weighted by Gasteiger charge is -2.57. The van der Waals surface area contributed by atoms with Gasteiger partial charge in [-0.15, -0.1) is 0 Å². The van der Waals surface area contributed by atoms with E-state index in [4.69, 9.17) is 9.47 Å². The molecule has 2 nitrogen and oxygen atoms in total. The van der Waals surface area contributed by atoms with Crippen LogP contribution in [0.2, 0.25) is 22.2 Å². The van der Waals surface area contributed by atoms with Crippen LogP contribution in [0, 0.1) is 11.8 Å². The first-order valence-electron chi connectivity index (χ1n) is 13.1. The number of ether oxygens (including phenoxy) is 2. The Bertz CT molecular complexity index is 548. The first-order valence-corrected chi connectivity index (χ1v) is 15.5. The van der Waals surface area contributed by atoms with E-state index in [2.05, 4.69) is 27.7 Å². The van der Waals surface area contributed by atoms with E-state index in [9.17, 15) is 0 Å². The predicted octanol–water partition coefficient (Wildman–Crippen LogP) is 7.48. The fraction of sp³-hybridized carbons (Fsp3) is 1.00. The first-order chi connectivity index (χ1) is 13.8. The van der Waals surface area contributed by atoms with Crippen molar-refractivity contribution in [2.45, 2.75) is 151 Å². The fourth-order valence-electron chi connectivity index (χ4n) is 8.78. The molecule has 0 aromatic heterocycles. The molecule has 0 N–H and O–H groups in total. The Morgan fingerprint density at radius 3 is 1.48 bits per heavy atom. The molecule has 29 heavy (non-hydrogen) atoms. The van der Waals surface area contributed by atoms with Gasteiger partial charge in [-0.05, 0) is 73.3 Å². The molecule has 0 bridgehead atoms. The highest BCUT2D eigenvalue weighted by Gasteiger charge is 2.58. The maximum atomic E-state index is 5.89. The molecule has 0 spiro atoms. The Morgan fingerprint density at radius 1 is 0.621 bits per heavy atom. The van der Waals surface area contributed by atoms with E-state index in [1.165, 1.54) is 77.0 Å². The van der Waals surface area contributed by atoms with E-state index in [-0.39, 0.29) is 0 Å². The number of hydrogen-bond donors (Lipinski definition) is 0. The lowest BCUT2D eigenvalue weighted by Crippen LogP contribution is -2.54. The zero-order chi connectivity index (χ0) is 20.3. The first kappa shape index (κ1) is 21.0. The van der Waals surface area contributed by atoms with Crippen molar-refractivity contribution in [3.8, 4) is 0 Å². The molecule has 0 aromatic rings.